The Labute approximate surface area is 102 Å². The van der Waals surface area contributed by atoms with Gasteiger partial charge in [-0.05, 0) is 28.9 Å². The van der Waals surface area contributed by atoms with Crippen molar-refractivity contribution >= 4 is 37.3 Å². The van der Waals surface area contributed by atoms with Crippen LogP contribution in [0.3, 0.4) is 0 Å². The summed E-state index contributed by atoms with van der Waals surface area (Å²) in [6.07, 6.45) is 0. The third-order valence-corrected chi connectivity index (χ3v) is 4.50. The molecule has 0 aliphatic rings. The minimum absolute atomic E-state index is 0.0378. The first-order valence-corrected chi connectivity index (χ1v) is 7.75. The molecule has 1 heterocycles. The first-order chi connectivity index (χ1) is 6.88. The molecule has 0 spiro atoms. The number of sulfonamides is 1. The smallest absolute Gasteiger partial charge is 0.210 e. The molecule has 0 amide bonds. The van der Waals surface area contributed by atoms with Gasteiger partial charge >= 0.3 is 0 Å². The van der Waals surface area contributed by atoms with Crippen LogP contribution >= 0.6 is 27.3 Å². The standard InChI is InChI=1S/C8H13BrN2O2S2/c1-6(8-4-7(9)5-14-8)11-2-3-15(10,12)13/h4-6,11H,2-3H2,1H3,(H2,10,12,13). The van der Waals surface area contributed by atoms with Crippen molar-refractivity contribution < 1.29 is 8.42 Å². The molecule has 0 saturated carbocycles. The Balaban J connectivity index is 2.40. The Kier molecular flexibility index (Phi) is 4.72. The van der Waals surface area contributed by atoms with Crippen molar-refractivity contribution in [2.45, 2.75) is 13.0 Å². The fourth-order valence-electron chi connectivity index (χ4n) is 1.07. The van der Waals surface area contributed by atoms with Gasteiger partial charge in [0.2, 0.25) is 10.0 Å². The van der Waals surface area contributed by atoms with E-state index in [0.29, 0.717) is 6.54 Å². The van der Waals surface area contributed by atoms with Crippen LogP contribution in [0, 0.1) is 0 Å². The minimum atomic E-state index is -3.37. The Morgan fingerprint density at radius 3 is 2.80 bits per heavy atom. The summed E-state index contributed by atoms with van der Waals surface area (Å²) in [4.78, 5) is 1.16. The van der Waals surface area contributed by atoms with Gasteiger partial charge in [0.15, 0.2) is 0 Å². The number of hydrogen-bond acceptors (Lipinski definition) is 4. The van der Waals surface area contributed by atoms with Crippen LogP contribution < -0.4 is 10.5 Å². The lowest BCUT2D eigenvalue weighted by Gasteiger charge is -2.10. The second-order valence-corrected chi connectivity index (χ2v) is 6.80. The summed E-state index contributed by atoms with van der Waals surface area (Å²) in [6.45, 7) is 2.36. The molecule has 1 rings (SSSR count). The van der Waals surface area contributed by atoms with Crippen molar-refractivity contribution in [1.29, 1.82) is 0 Å². The number of primary sulfonamides is 1. The van der Waals surface area contributed by atoms with Crippen LogP contribution in [0.4, 0.5) is 0 Å². The van der Waals surface area contributed by atoms with Crippen molar-refractivity contribution in [3.05, 3.63) is 20.8 Å². The van der Waals surface area contributed by atoms with Crippen molar-refractivity contribution in [2.75, 3.05) is 12.3 Å². The molecule has 0 bridgehead atoms. The molecule has 4 nitrogen and oxygen atoms in total. The molecule has 1 unspecified atom stereocenters. The minimum Gasteiger partial charge on any atom is -0.308 e. The maximum atomic E-state index is 10.7. The molecule has 1 aromatic heterocycles. The molecule has 7 heteroatoms. The highest BCUT2D eigenvalue weighted by atomic mass is 79.9. The highest BCUT2D eigenvalue weighted by molar-refractivity contribution is 9.10. The molecule has 0 saturated heterocycles. The summed E-state index contributed by atoms with van der Waals surface area (Å²) in [7, 11) is -3.37. The summed E-state index contributed by atoms with van der Waals surface area (Å²) >= 11 is 4.99. The number of thiophene rings is 1. The lowest BCUT2D eigenvalue weighted by Crippen LogP contribution is -2.28. The van der Waals surface area contributed by atoms with Crippen LogP contribution in [0.1, 0.15) is 17.8 Å². The highest BCUT2D eigenvalue weighted by Gasteiger charge is 2.08. The van der Waals surface area contributed by atoms with Gasteiger partial charge in [0, 0.05) is 27.3 Å². The zero-order valence-electron chi connectivity index (χ0n) is 8.23. The molecule has 0 aromatic carbocycles. The zero-order chi connectivity index (χ0) is 11.5. The van der Waals surface area contributed by atoms with Crippen LogP contribution in [-0.2, 0) is 10.0 Å². The van der Waals surface area contributed by atoms with Gasteiger partial charge in [-0.1, -0.05) is 0 Å². The average Bonchev–Trinajstić information content (AvgIpc) is 2.49. The van der Waals surface area contributed by atoms with E-state index >= 15 is 0 Å². The molecular formula is C8H13BrN2O2S2. The monoisotopic (exact) mass is 312 g/mol. The van der Waals surface area contributed by atoms with E-state index in [0.717, 1.165) is 9.35 Å². The van der Waals surface area contributed by atoms with E-state index in [2.05, 4.69) is 21.2 Å². The fraction of sp³-hybridized carbons (Fsp3) is 0.500. The summed E-state index contributed by atoms with van der Waals surface area (Å²) in [6, 6.07) is 2.15. The third kappa shape index (κ3) is 5.07. The van der Waals surface area contributed by atoms with E-state index in [4.69, 9.17) is 5.14 Å². The van der Waals surface area contributed by atoms with Gasteiger partial charge in [0.1, 0.15) is 0 Å². The van der Waals surface area contributed by atoms with Crippen molar-refractivity contribution in [2.24, 2.45) is 5.14 Å². The average molecular weight is 313 g/mol. The predicted molar refractivity (Wildman–Crippen MR) is 66.4 cm³/mol. The molecule has 15 heavy (non-hydrogen) atoms. The van der Waals surface area contributed by atoms with Gasteiger partial charge in [0.05, 0.1) is 5.75 Å². The second kappa shape index (κ2) is 5.40. The molecule has 0 aliphatic carbocycles. The van der Waals surface area contributed by atoms with Crippen LogP contribution in [-0.4, -0.2) is 20.7 Å². The summed E-state index contributed by atoms with van der Waals surface area (Å²) in [5, 5.41) is 9.98. The van der Waals surface area contributed by atoms with Crippen molar-refractivity contribution in [1.82, 2.24) is 5.32 Å². The Bertz CT molecular complexity index is 416. The molecule has 1 atom stereocenters. The van der Waals surface area contributed by atoms with E-state index in [1.54, 1.807) is 11.3 Å². The second-order valence-electron chi connectivity index (χ2n) is 3.21. The predicted octanol–water partition coefficient (Wildman–Crippen LogP) is 1.45. The molecule has 0 fully saturated rings. The highest BCUT2D eigenvalue weighted by Crippen LogP contribution is 2.24. The van der Waals surface area contributed by atoms with Gasteiger partial charge in [-0.25, -0.2) is 13.6 Å². The van der Waals surface area contributed by atoms with Gasteiger partial charge < -0.3 is 5.32 Å². The van der Waals surface area contributed by atoms with Gasteiger partial charge in [-0.3, -0.25) is 0 Å². The Morgan fingerprint density at radius 2 is 2.33 bits per heavy atom. The summed E-state index contributed by atoms with van der Waals surface area (Å²) in [5.74, 6) is -0.0378. The maximum absolute atomic E-state index is 10.7. The van der Waals surface area contributed by atoms with Gasteiger partial charge in [0.25, 0.3) is 0 Å². The van der Waals surface area contributed by atoms with E-state index in [-0.39, 0.29) is 11.8 Å². The largest absolute Gasteiger partial charge is 0.308 e. The fourth-order valence-corrected chi connectivity index (χ4v) is 2.95. The van der Waals surface area contributed by atoms with E-state index in [9.17, 15) is 8.42 Å². The Morgan fingerprint density at radius 1 is 1.67 bits per heavy atom. The van der Waals surface area contributed by atoms with Crippen LogP contribution in [0.2, 0.25) is 0 Å². The molecule has 3 N–H and O–H groups in total. The van der Waals surface area contributed by atoms with Crippen LogP contribution in [0.15, 0.2) is 15.9 Å². The lowest BCUT2D eigenvalue weighted by molar-refractivity contribution is 0.577. The lowest BCUT2D eigenvalue weighted by atomic mass is 10.3. The Hall–Kier alpha value is 0.0500. The van der Waals surface area contributed by atoms with Crippen molar-refractivity contribution in [3.8, 4) is 0 Å². The summed E-state index contributed by atoms with van der Waals surface area (Å²) < 4.78 is 22.4. The number of nitrogens with two attached hydrogens (primary N) is 1. The molecule has 86 valence electrons. The molecule has 0 aliphatic heterocycles. The normalized spacial score (nSPS) is 14.1. The zero-order valence-corrected chi connectivity index (χ0v) is 11.5. The maximum Gasteiger partial charge on any atom is 0.210 e. The number of rotatable bonds is 5. The molecule has 0 radical (unpaired) electrons. The van der Waals surface area contributed by atoms with Crippen LogP contribution in [0.25, 0.3) is 0 Å². The molecular weight excluding hydrogens is 300 g/mol. The number of halogens is 1. The first-order valence-electron chi connectivity index (χ1n) is 4.36. The number of hydrogen-bond donors (Lipinski definition) is 2. The number of nitrogens with one attached hydrogen (secondary N) is 1. The molecule has 1 aromatic rings. The van der Waals surface area contributed by atoms with E-state index in [1.807, 2.05) is 18.4 Å². The van der Waals surface area contributed by atoms with E-state index in [1.165, 1.54) is 0 Å². The van der Waals surface area contributed by atoms with Gasteiger partial charge in [-0.15, -0.1) is 11.3 Å². The topological polar surface area (TPSA) is 72.2 Å². The van der Waals surface area contributed by atoms with E-state index < -0.39 is 10.0 Å². The third-order valence-electron chi connectivity index (χ3n) is 1.85. The van der Waals surface area contributed by atoms with Crippen molar-refractivity contribution in [3.63, 3.8) is 0 Å². The van der Waals surface area contributed by atoms with Crippen LogP contribution in [0.5, 0.6) is 0 Å². The SMILES string of the molecule is CC(NCCS(N)(=O)=O)c1cc(Br)cs1. The first kappa shape index (κ1) is 13.1. The summed E-state index contributed by atoms with van der Waals surface area (Å²) in [5.41, 5.74) is 0. The quantitative estimate of drug-likeness (QED) is 0.864. The van der Waals surface area contributed by atoms with Gasteiger partial charge in [-0.2, -0.15) is 0 Å².